The Bertz CT molecular complexity index is 781. The monoisotopic (exact) mass is 381 g/mol. The second kappa shape index (κ2) is 9.68. The van der Waals surface area contributed by atoms with Crippen LogP contribution >= 0.6 is 0 Å². The zero-order valence-electron chi connectivity index (χ0n) is 17.7. The van der Waals surface area contributed by atoms with Crippen LogP contribution in [0, 0.1) is 31.6 Å². The highest BCUT2D eigenvalue weighted by Gasteiger charge is 2.31. The number of amides is 1. The van der Waals surface area contributed by atoms with E-state index < -0.39 is 5.92 Å². The van der Waals surface area contributed by atoms with Crippen molar-refractivity contribution in [3.8, 4) is 11.8 Å². The summed E-state index contributed by atoms with van der Waals surface area (Å²) in [5.41, 5.74) is 3.63. The number of ketones is 2. The van der Waals surface area contributed by atoms with E-state index in [4.69, 9.17) is 0 Å². The van der Waals surface area contributed by atoms with E-state index in [0.29, 0.717) is 38.8 Å². The number of carbonyl (C=O) groups is 3. The standard InChI is InChI=1S/C24H31NO3/c1-6-9-19-14-17(4)22(18(5)15-19)23-20(26)10-7-12-25(24(28)16(2)3)13-8-11-21(23)27/h14-16,23H,7-8,10-13H2,1-5H3. The minimum atomic E-state index is -0.698. The Labute approximate surface area is 168 Å². The molecule has 0 radical (unpaired) electrons. The lowest BCUT2D eigenvalue weighted by molar-refractivity contribution is -0.136. The van der Waals surface area contributed by atoms with E-state index in [2.05, 4.69) is 11.8 Å². The number of benzene rings is 1. The zero-order valence-corrected chi connectivity index (χ0v) is 17.7. The third-order valence-corrected chi connectivity index (χ3v) is 5.30. The molecule has 1 aromatic carbocycles. The summed E-state index contributed by atoms with van der Waals surface area (Å²) in [5.74, 6) is 5.19. The van der Waals surface area contributed by atoms with Crippen LogP contribution in [0.25, 0.3) is 0 Å². The SMILES string of the molecule is CC#Cc1cc(C)c(C2C(=O)CCCN(C(=O)C(C)C)CCCC2=O)c(C)c1. The molecule has 1 aliphatic heterocycles. The Morgan fingerprint density at radius 3 is 1.96 bits per heavy atom. The number of aryl methyl sites for hydroxylation is 2. The second-order valence-corrected chi connectivity index (χ2v) is 7.95. The van der Waals surface area contributed by atoms with Crippen LogP contribution in [0.2, 0.25) is 0 Å². The topological polar surface area (TPSA) is 54.5 Å². The minimum absolute atomic E-state index is 0.0376. The Morgan fingerprint density at radius 1 is 1.04 bits per heavy atom. The highest BCUT2D eigenvalue weighted by molar-refractivity contribution is 6.08. The van der Waals surface area contributed by atoms with Gasteiger partial charge < -0.3 is 4.90 Å². The third kappa shape index (κ3) is 5.10. The first-order valence-electron chi connectivity index (χ1n) is 10.1. The van der Waals surface area contributed by atoms with Gasteiger partial charge in [0.25, 0.3) is 0 Å². The first-order chi connectivity index (χ1) is 13.3. The highest BCUT2D eigenvalue weighted by atomic mass is 16.2. The molecule has 0 saturated carbocycles. The van der Waals surface area contributed by atoms with Crippen LogP contribution < -0.4 is 0 Å². The van der Waals surface area contributed by atoms with Gasteiger partial charge in [-0.25, -0.2) is 0 Å². The molecule has 28 heavy (non-hydrogen) atoms. The van der Waals surface area contributed by atoms with Gasteiger partial charge in [0.1, 0.15) is 17.5 Å². The molecule has 150 valence electrons. The van der Waals surface area contributed by atoms with Crippen LogP contribution in [0.4, 0.5) is 0 Å². The normalized spacial score (nSPS) is 16.7. The maximum atomic E-state index is 13.0. The summed E-state index contributed by atoms with van der Waals surface area (Å²) in [7, 11) is 0. The molecule has 1 fully saturated rings. The molecule has 1 aliphatic rings. The van der Waals surface area contributed by atoms with Crippen molar-refractivity contribution in [2.75, 3.05) is 13.1 Å². The minimum Gasteiger partial charge on any atom is -0.342 e. The summed E-state index contributed by atoms with van der Waals surface area (Å²) >= 11 is 0. The molecule has 1 amide bonds. The van der Waals surface area contributed by atoms with Crippen LogP contribution in [-0.2, 0) is 14.4 Å². The zero-order chi connectivity index (χ0) is 20.8. The molecule has 4 heteroatoms. The van der Waals surface area contributed by atoms with E-state index in [9.17, 15) is 14.4 Å². The molecule has 1 heterocycles. The van der Waals surface area contributed by atoms with Crippen molar-refractivity contribution in [2.24, 2.45) is 5.92 Å². The molecule has 0 spiro atoms. The summed E-state index contributed by atoms with van der Waals surface area (Å²) in [6.45, 7) is 10.6. The lowest BCUT2D eigenvalue weighted by atomic mass is 9.81. The summed E-state index contributed by atoms with van der Waals surface area (Å²) in [5, 5.41) is 0. The molecular formula is C24H31NO3. The van der Waals surface area contributed by atoms with Gasteiger partial charge in [-0.1, -0.05) is 19.8 Å². The number of nitrogens with zero attached hydrogens (tertiary/aromatic N) is 1. The van der Waals surface area contributed by atoms with Gasteiger partial charge in [0.2, 0.25) is 5.91 Å². The average molecular weight is 382 g/mol. The molecule has 2 rings (SSSR count). The highest BCUT2D eigenvalue weighted by Crippen LogP contribution is 2.30. The van der Waals surface area contributed by atoms with Crippen molar-refractivity contribution in [1.29, 1.82) is 0 Å². The number of rotatable bonds is 2. The van der Waals surface area contributed by atoms with Gasteiger partial charge in [-0.2, -0.15) is 0 Å². The molecule has 0 unspecified atom stereocenters. The fraction of sp³-hybridized carbons (Fsp3) is 0.542. The van der Waals surface area contributed by atoms with Gasteiger partial charge in [-0.15, -0.1) is 5.92 Å². The number of hydrogen-bond acceptors (Lipinski definition) is 3. The van der Waals surface area contributed by atoms with Crippen molar-refractivity contribution in [3.05, 3.63) is 34.4 Å². The smallest absolute Gasteiger partial charge is 0.225 e. The summed E-state index contributed by atoms with van der Waals surface area (Å²) in [6.07, 6.45) is 1.82. The Hall–Kier alpha value is -2.41. The Kier molecular flexibility index (Phi) is 7.57. The van der Waals surface area contributed by atoms with Crippen LogP contribution in [0.15, 0.2) is 12.1 Å². The van der Waals surface area contributed by atoms with Crippen molar-refractivity contribution in [1.82, 2.24) is 4.90 Å². The van der Waals surface area contributed by atoms with Crippen molar-refractivity contribution in [3.63, 3.8) is 0 Å². The molecule has 0 N–H and O–H groups in total. The van der Waals surface area contributed by atoms with E-state index >= 15 is 0 Å². The first kappa shape index (κ1) is 21.9. The maximum absolute atomic E-state index is 13.0. The molecule has 4 nitrogen and oxygen atoms in total. The van der Waals surface area contributed by atoms with Crippen molar-refractivity contribution in [2.45, 2.75) is 66.2 Å². The molecule has 1 aromatic rings. The largest absolute Gasteiger partial charge is 0.342 e. The van der Waals surface area contributed by atoms with Gasteiger partial charge in [-0.3, -0.25) is 14.4 Å². The van der Waals surface area contributed by atoms with Crippen LogP contribution in [0.5, 0.6) is 0 Å². The Balaban J connectivity index is 2.30. The molecule has 0 atom stereocenters. The lowest BCUT2D eigenvalue weighted by Crippen LogP contribution is -2.37. The summed E-state index contributed by atoms with van der Waals surface area (Å²) in [4.78, 5) is 40.2. The molecular weight excluding hydrogens is 350 g/mol. The fourth-order valence-electron chi connectivity index (χ4n) is 4.02. The van der Waals surface area contributed by atoms with Crippen LogP contribution in [0.3, 0.4) is 0 Å². The summed E-state index contributed by atoms with van der Waals surface area (Å²) < 4.78 is 0. The second-order valence-electron chi connectivity index (χ2n) is 7.95. The van der Waals surface area contributed by atoms with Crippen molar-refractivity contribution < 1.29 is 14.4 Å². The van der Waals surface area contributed by atoms with E-state index in [1.165, 1.54) is 0 Å². The van der Waals surface area contributed by atoms with Gasteiger partial charge >= 0.3 is 0 Å². The van der Waals surface area contributed by atoms with Gasteiger partial charge in [0.15, 0.2) is 0 Å². The molecule has 0 bridgehead atoms. The van der Waals surface area contributed by atoms with E-state index in [1.54, 1.807) is 11.8 Å². The summed E-state index contributed by atoms with van der Waals surface area (Å²) in [6, 6.07) is 3.92. The number of hydrogen-bond donors (Lipinski definition) is 0. The Morgan fingerprint density at radius 2 is 1.54 bits per heavy atom. The van der Waals surface area contributed by atoms with E-state index in [-0.39, 0.29) is 23.4 Å². The quantitative estimate of drug-likeness (QED) is 0.576. The van der Waals surface area contributed by atoms with Gasteiger partial charge in [0.05, 0.1) is 0 Å². The predicted molar refractivity (Wildman–Crippen MR) is 111 cm³/mol. The third-order valence-electron chi connectivity index (χ3n) is 5.30. The molecule has 0 aromatic heterocycles. The molecule has 1 saturated heterocycles. The van der Waals surface area contributed by atoms with E-state index in [0.717, 1.165) is 22.3 Å². The van der Waals surface area contributed by atoms with Gasteiger partial charge in [-0.05, 0) is 62.4 Å². The fourth-order valence-corrected chi connectivity index (χ4v) is 4.02. The van der Waals surface area contributed by atoms with Crippen molar-refractivity contribution >= 4 is 17.5 Å². The number of Topliss-reactive ketones (excluding diaryl/α,β-unsaturated/α-hetero) is 2. The average Bonchev–Trinajstić information content (AvgIpc) is 2.62. The van der Waals surface area contributed by atoms with Crippen LogP contribution in [-0.4, -0.2) is 35.5 Å². The number of carbonyl (C=O) groups excluding carboxylic acids is 3. The maximum Gasteiger partial charge on any atom is 0.225 e. The lowest BCUT2D eigenvalue weighted by Gasteiger charge is -2.27. The van der Waals surface area contributed by atoms with E-state index in [1.807, 2.05) is 39.8 Å². The van der Waals surface area contributed by atoms with Crippen LogP contribution in [0.1, 0.15) is 74.6 Å². The van der Waals surface area contributed by atoms with Gasteiger partial charge in [0, 0.05) is 37.4 Å². The first-order valence-corrected chi connectivity index (χ1v) is 10.1. The predicted octanol–water partition coefficient (Wildman–Crippen LogP) is 3.96. The molecule has 0 aliphatic carbocycles.